The van der Waals surface area contributed by atoms with E-state index in [1.54, 1.807) is 12.1 Å². The molecule has 1 aromatic rings. The summed E-state index contributed by atoms with van der Waals surface area (Å²) in [7, 11) is 0. The van der Waals surface area contributed by atoms with Crippen LogP contribution in [0.2, 0.25) is 0 Å². The molecule has 20 heavy (non-hydrogen) atoms. The first-order valence-corrected chi connectivity index (χ1v) is 6.85. The van der Waals surface area contributed by atoms with Gasteiger partial charge in [0.2, 0.25) is 5.91 Å². The largest absolute Gasteiger partial charge is 0.478 e. The number of nitrogens with one attached hydrogen (secondary N) is 2. The number of anilines is 1. The smallest absolute Gasteiger partial charge is 0.335 e. The minimum Gasteiger partial charge on any atom is -0.478 e. The molecule has 5 nitrogen and oxygen atoms in total. The van der Waals surface area contributed by atoms with Gasteiger partial charge in [-0.15, -0.1) is 0 Å². The van der Waals surface area contributed by atoms with Crippen LogP contribution in [0.15, 0.2) is 24.3 Å². The Morgan fingerprint density at radius 2 is 2.15 bits per heavy atom. The zero-order valence-corrected chi connectivity index (χ0v) is 11.7. The number of carbonyl (C=O) groups is 2. The van der Waals surface area contributed by atoms with Gasteiger partial charge in [0.25, 0.3) is 0 Å². The summed E-state index contributed by atoms with van der Waals surface area (Å²) in [6, 6.07) is 6.09. The maximum Gasteiger partial charge on any atom is 0.335 e. The fraction of sp³-hybridized carbons (Fsp3) is 0.467. The van der Waals surface area contributed by atoms with Gasteiger partial charge in [0.1, 0.15) is 0 Å². The molecule has 1 heterocycles. The first-order valence-electron chi connectivity index (χ1n) is 6.85. The van der Waals surface area contributed by atoms with Crippen molar-refractivity contribution >= 4 is 17.6 Å². The molecule has 3 N–H and O–H groups in total. The number of aromatic carboxylic acids is 1. The lowest BCUT2D eigenvalue weighted by atomic mass is 9.93. The Hall–Kier alpha value is -1.88. The van der Waals surface area contributed by atoms with E-state index in [9.17, 15) is 9.59 Å². The number of hydrogen-bond donors (Lipinski definition) is 3. The Kier molecular flexibility index (Phi) is 4.39. The van der Waals surface area contributed by atoms with Gasteiger partial charge in [-0.2, -0.15) is 0 Å². The second-order valence-electron chi connectivity index (χ2n) is 5.58. The van der Waals surface area contributed by atoms with Crippen molar-refractivity contribution in [3.05, 3.63) is 29.8 Å². The maximum atomic E-state index is 12.1. The fourth-order valence-corrected chi connectivity index (χ4v) is 2.43. The van der Waals surface area contributed by atoms with Crippen molar-refractivity contribution in [3.8, 4) is 0 Å². The van der Waals surface area contributed by atoms with E-state index in [2.05, 4.69) is 24.5 Å². The number of benzene rings is 1. The first-order chi connectivity index (χ1) is 9.47. The molecule has 0 bridgehead atoms. The van der Waals surface area contributed by atoms with Crippen molar-refractivity contribution in [2.24, 2.45) is 11.8 Å². The SMILES string of the molecule is CC(C)[C@@H]1CN[C@H](C(=O)Nc2cccc(C(=O)O)c2)C1. The van der Waals surface area contributed by atoms with Gasteiger partial charge >= 0.3 is 5.97 Å². The van der Waals surface area contributed by atoms with Crippen molar-refractivity contribution in [3.63, 3.8) is 0 Å². The molecular weight excluding hydrogens is 256 g/mol. The van der Waals surface area contributed by atoms with Gasteiger partial charge < -0.3 is 15.7 Å². The van der Waals surface area contributed by atoms with Crippen molar-refractivity contribution in [1.82, 2.24) is 5.32 Å². The van der Waals surface area contributed by atoms with Crippen LogP contribution in [0, 0.1) is 11.8 Å². The highest BCUT2D eigenvalue weighted by atomic mass is 16.4. The standard InChI is InChI=1S/C15H20N2O3/c1-9(2)11-7-13(16-8-11)14(18)17-12-5-3-4-10(6-12)15(19)20/h3-6,9,11,13,16H,7-8H2,1-2H3,(H,17,18)(H,19,20)/t11-,13-/m0/s1. The van der Waals surface area contributed by atoms with Gasteiger partial charge in [0.15, 0.2) is 0 Å². The molecule has 2 rings (SSSR count). The van der Waals surface area contributed by atoms with Crippen LogP contribution < -0.4 is 10.6 Å². The first kappa shape index (κ1) is 14.5. The second-order valence-corrected chi connectivity index (χ2v) is 5.58. The van der Waals surface area contributed by atoms with E-state index < -0.39 is 5.97 Å². The maximum absolute atomic E-state index is 12.1. The average molecular weight is 276 g/mol. The zero-order valence-electron chi connectivity index (χ0n) is 11.7. The zero-order chi connectivity index (χ0) is 14.7. The summed E-state index contributed by atoms with van der Waals surface area (Å²) in [6.45, 7) is 5.16. The summed E-state index contributed by atoms with van der Waals surface area (Å²) in [4.78, 5) is 23.0. The van der Waals surface area contributed by atoms with Crippen LogP contribution in [-0.4, -0.2) is 29.6 Å². The molecule has 1 saturated heterocycles. The van der Waals surface area contributed by atoms with Crippen LogP contribution in [0.25, 0.3) is 0 Å². The molecular formula is C15H20N2O3. The molecule has 2 atom stereocenters. The van der Waals surface area contributed by atoms with E-state index in [4.69, 9.17) is 5.11 Å². The Morgan fingerprint density at radius 3 is 2.75 bits per heavy atom. The molecule has 0 unspecified atom stereocenters. The van der Waals surface area contributed by atoms with Crippen LogP contribution in [0.3, 0.4) is 0 Å². The third-order valence-corrected chi connectivity index (χ3v) is 3.80. The number of rotatable bonds is 4. The number of carboxylic acid groups (broad SMARTS) is 1. The predicted octanol–water partition coefficient (Wildman–Crippen LogP) is 1.96. The van der Waals surface area contributed by atoms with Crippen molar-refractivity contribution in [1.29, 1.82) is 0 Å². The third kappa shape index (κ3) is 3.36. The lowest BCUT2D eigenvalue weighted by Crippen LogP contribution is -2.35. The molecule has 0 saturated carbocycles. The van der Waals surface area contributed by atoms with E-state index >= 15 is 0 Å². The normalized spacial score (nSPS) is 21.9. The van der Waals surface area contributed by atoms with Crippen molar-refractivity contribution < 1.29 is 14.7 Å². The highest BCUT2D eigenvalue weighted by molar-refractivity contribution is 5.96. The number of hydrogen-bond acceptors (Lipinski definition) is 3. The van der Waals surface area contributed by atoms with Crippen LogP contribution >= 0.6 is 0 Å². The van der Waals surface area contributed by atoms with E-state index in [-0.39, 0.29) is 17.5 Å². The summed E-state index contributed by atoms with van der Waals surface area (Å²) < 4.78 is 0. The highest BCUT2D eigenvalue weighted by Crippen LogP contribution is 2.23. The summed E-state index contributed by atoms with van der Waals surface area (Å²) in [5.74, 6) is -0.0395. The van der Waals surface area contributed by atoms with Crippen LogP contribution in [0.1, 0.15) is 30.6 Å². The fourth-order valence-electron chi connectivity index (χ4n) is 2.43. The Morgan fingerprint density at radius 1 is 1.40 bits per heavy atom. The molecule has 0 spiro atoms. The molecule has 1 aliphatic rings. The highest BCUT2D eigenvalue weighted by Gasteiger charge is 2.30. The minimum atomic E-state index is -1.00. The van der Waals surface area contributed by atoms with Crippen LogP contribution in [-0.2, 0) is 4.79 Å². The van der Waals surface area contributed by atoms with E-state index in [0.717, 1.165) is 13.0 Å². The van der Waals surface area contributed by atoms with Gasteiger partial charge in [0.05, 0.1) is 11.6 Å². The summed E-state index contributed by atoms with van der Waals surface area (Å²) in [5.41, 5.74) is 0.687. The monoisotopic (exact) mass is 276 g/mol. The molecule has 0 radical (unpaired) electrons. The van der Waals surface area contributed by atoms with E-state index in [0.29, 0.717) is 17.5 Å². The summed E-state index contributed by atoms with van der Waals surface area (Å²) >= 11 is 0. The van der Waals surface area contributed by atoms with Gasteiger partial charge in [-0.3, -0.25) is 4.79 Å². The van der Waals surface area contributed by atoms with Gasteiger partial charge in [-0.1, -0.05) is 19.9 Å². The van der Waals surface area contributed by atoms with Crippen molar-refractivity contribution in [2.45, 2.75) is 26.3 Å². The molecule has 108 valence electrons. The van der Waals surface area contributed by atoms with E-state index in [1.165, 1.54) is 12.1 Å². The van der Waals surface area contributed by atoms with Crippen LogP contribution in [0.5, 0.6) is 0 Å². The quantitative estimate of drug-likeness (QED) is 0.785. The number of amides is 1. The third-order valence-electron chi connectivity index (χ3n) is 3.80. The predicted molar refractivity (Wildman–Crippen MR) is 76.8 cm³/mol. The Labute approximate surface area is 118 Å². The molecule has 0 aliphatic carbocycles. The van der Waals surface area contributed by atoms with Crippen molar-refractivity contribution in [2.75, 3.05) is 11.9 Å². The van der Waals surface area contributed by atoms with Gasteiger partial charge in [-0.05, 0) is 43.0 Å². The lowest BCUT2D eigenvalue weighted by Gasteiger charge is -2.13. The second kappa shape index (κ2) is 6.05. The van der Waals surface area contributed by atoms with E-state index in [1.807, 2.05) is 0 Å². The molecule has 1 aromatic carbocycles. The molecule has 1 fully saturated rings. The summed E-state index contributed by atoms with van der Waals surface area (Å²) in [5, 5.41) is 14.9. The Balaban J connectivity index is 1.98. The minimum absolute atomic E-state index is 0.101. The lowest BCUT2D eigenvalue weighted by molar-refractivity contribution is -0.117. The number of carboxylic acids is 1. The Bertz CT molecular complexity index is 514. The van der Waals surface area contributed by atoms with Gasteiger partial charge in [-0.25, -0.2) is 4.79 Å². The molecule has 1 aliphatic heterocycles. The molecule has 0 aromatic heterocycles. The average Bonchev–Trinajstić information content (AvgIpc) is 2.88. The topological polar surface area (TPSA) is 78.4 Å². The molecule has 1 amide bonds. The number of carbonyl (C=O) groups excluding carboxylic acids is 1. The van der Waals surface area contributed by atoms with Crippen LogP contribution in [0.4, 0.5) is 5.69 Å². The van der Waals surface area contributed by atoms with Gasteiger partial charge in [0, 0.05) is 5.69 Å². The summed E-state index contributed by atoms with van der Waals surface area (Å²) in [6.07, 6.45) is 0.822. The molecule has 5 heteroatoms.